The largest absolute Gasteiger partial charge is 0.355 e. The zero-order valence-electron chi connectivity index (χ0n) is 14.8. The molecule has 6 nitrogen and oxygen atoms in total. The van der Waals surface area contributed by atoms with Gasteiger partial charge in [-0.15, -0.1) is 11.8 Å². The van der Waals surface area contributed by atoms with Gasteiger partial charge in [0.15, 0.2) is 5.96 Å². The summed E-state index contributed by atoms with van der Waals surface area (Å²) in [6, 6.07) is 9.78. The second-order valence-corrected chi connectivity index (χ2v) is 7.40. The van der Waals surface area contributed by atoms with Crippen LogP contribution in [0, 0.1) is 0 Å². The van der Waals surface area contributed by atoms with Gasteiger partial charge in [-0.3, -0.25) is 4.99 Å². The van der Waals surface area contributed by atoms with Crippen molar-refractivity contribution in [3.8, 4) is 0 Å². The molecule has 0 saturated carbocycles. The summed E-state index contributed by atoms with van der Waals surface area (Å²) in [4.78, 5) is 18.8. The van der Waals surface area contributed by atoms with Crippen LogP contribution in [0.5, 0.6) is 0 Å². The number of rotatable bonds is 5. The minimum Gasteiger partial charge on any atom is -0.355 e. The molecule has 0 bridgehead atoms. The molecule has 3 rings (SSSR count). The molecular formula is C18H23ClN6S. The molecule has 1 N–H and O–H groups in total. The summed E-state index contributed by atoms with van der Waals surface area (Å²) in [5.74, 6) is 2.73. The van der Waals surface area contributed by atoms with E-state index in [0.717, 1.165) is 55.4 Å². The molecule has 0 radical (unpaired) electrons. The Morgan fingerprint density at radius 2 is 1.85 bits per heavy atom. The highest BCUT2D eigenvalue weighted by molar-refractivity contribution is 7.99. The predicted octanol–water partition coefficient (Wildman–Crippen LogP) is 2.62. The van der Waals surface area contributed by atoms with E-state index in [2.05, 4.69) is 30.1 Å². The van der Waals surface area contributed by atoms with Crippen molar-refractivity contribution in [1.82, 2.24) is 20.2 Å². The fourth-order valence-corrected chi connectivity index (χ4v) is 3.66. The van der Waals surface area contributed by atoms with Crippen molar-refractivity contribution < 1.29 is 0 Å². The first-order chi connectivity index (χ1) is 12.8. The van der Waals surface area contributed by atoms with Gasteiger partial charge in [-0.05, 0) is 30.3 Å². The quantitative estimate of drug-likeness (QED) is 0.366. The first-order valence-electron chi connectivity index (χ1n) is 8.62. The van der Waals surface area contributed by atoms with Gasteiger partial charge in [0, 0.05) is 67.8 Å². The highest BCUT2D eigenvalue weighted by Crippen LogP contribution is 2.19. The van der Waals surface area contributed by atoms with Crippen molar-refractivity contribution >= 4 is 35.3 Å². The minimum absolute atomic E-state index is 0.771. The maximum atomic E-state index is 5.91. The molecule has 1 saturated heterocycles. The van der Waals surface area contributed by atoms with Crippen LogP contribution in [0.15, 0.2) is 52.6 Å². The second kappa shape index (κ2) is 9.64. The lowest BCUT2D eigenvalue weighted by molar-refractivity contribution is 0.371. The maximum Gasteiger partial charge on any atom is 0.225 e. The Balaban J connectivity index is 1.41. The molecule has 0 atom stereocenters. The normalized spacial score (nSPS) is 15.2. The molecule has 8 heteroatoms. The van der Waals surface area contributed by atoms with Crippen molar-refractivity contribution in [2.45, 2.75) is 4.90 Å². The van der Waals surface area contributed by atoms with Gasteiger partial charge in [0.05, 0.1) is 0 Å². The highest BCUT2D eigenvalue weighted by Gasteiger charge is 2.20. The third kappa shape index (κ3) is 5.25. The predicted molar refractivity (Wildman–Crippen MR) is 109 cm³/mol. The lowest BCUT2D eigenvalue weighted by atomic mass is 10.3. The zero-order valence-corrected chi connectivity index (χ0v) is 16.4. The van der Waals surface area contributed by atoms with Gasteiger partial charge in [-0.1, -0.05) is 11.6 Å². The number of benzene rings is 1. The lowest BCUT2D eigenvalue weighted by Gasteiger charge is -2.36. The Morgan fingerprint density at radius 3 is 2.50 bits per heavy atom. The van der Waals surface area contributed by atoms with Crippen LogP contribution in [-0.2, 0) is 0 Å². The number of hydrogen-bond acceptors (Lipinski definition) is 5. The standard InChI is InChI=1S/C18H23ClN6S/c1-20-17(23-9-14-26-16-5-3-15(19)4-6-16)24-10-12-25(13-11-24)18-21-7-2-8-22-18/h2-8H,9-14H2,1H3,(H,20,23). The summed E-state index contributed by atoms with van der Waals surface area (Å²) >= 11 is 7.72. The molecule has 2 aromatic rings. The molecule has 138 valence electrons. The Morgan fingerprint density at radius 1 is 1.15 bits per heavy atom. The number of anilines is 1. The Bertz CT molecular complexity index is 701. The second-order valence-electron chi connectivity index (χ2n) is 5.80. The van der Waals surface area contributed by atoms with E-state index in [-0.39, 0.29) is 0 Å². The van der Waals surface area contributed by atoms with Crippen LogP contribution in [0.3, 0.4) is 0 Å². The third-order valence-corrected chi connectivity index (χ3v) is 5.36. The van der Waals surface area contributed by atoms with Crippen LogP contribution in [0.4, 0.5) is 5.95 Å². The Kier molecular flexibility index (Phi) is 6.96. The number of nitrogens with zero attached hydrogens (tertiary/aromatic N) is 5. The average molecular weight is 391 g/mol. The van der Waals surface area contributed by atoms with E-state index in [1.807, 2.05) is 37.4 Å². The zero-order chi connectivity index (χ0) is 18.2. The number of aromatic nitrogens is 2. The summed E-state index contributed by atoms with van der Waals surface area (Å²) in [5.41, 5.74) is 0. The molecule has 0 spiro atoms. The smallest absolute Gasteiger partial charge is 0.225 e. The fourth-order valence-electron chi connectivity index (χ4n) is 2.77. The van der Waals surface area contributed by atoms with Crippen LogP contribution in [-0.4, -0.2) is 66.4 Å². The summed E-state index contributed by atoms with van der Waals surface area (Å²) in [6.07, 6.45) is 3.57. The van der Waals surface area contributed by atoms with Crippen LogP contribution in [0.1, 0.15) is 0 Å². The van der Waals surface area contributed by atoms with Crippen molar-refractivity contribution in [3.05, 3.63) is 47.7 Å². The SMILES string of the molecule is CN=C(NCCSc1ccc(Cl)cc1)N1CCN(c2ncccn2)CC1. The van der Waals surface area contributed by atoms with E-state index in [1.165, 1.54) is 4.90 Å². The molecule has 1 aliphatic rings. The van der Waals surface area contributed by atoms with E-state index >= 15 is 0 Å². The van der Waals surface area contributed by atoms with Crippen molar-refractivity contribution in [2.75, 3.05) is 50.4 Å². The molecule has 1 fully saturated rings. The monoisotopic (exact) mass is 390 g/mol. The van der Waals surface area contributed by atoms with Crippen LogP contribution in [0.25, 0.3) is 0 Å². The number of guanidine groups is 1. The third-order valence-electron chi connectivity index (χ3n) is 4.09. The average Bonchev–Trinajstić information content (AvgIpc) is 2.70. The number of nitrogens with one attached hydrogen (secondary N) is 1. The highest BCUT2D eigenvalue weighted by atomic mass is 35.5. The van der Waals surface area contributed by atoms with Crippen molar-refractivity contribution in [1.29, 1.82) is 0 Å². The topological polar surface area (TPSA) is 56.7 Å². The maximum absolute atomic E-state index is 5.91. The lowest BCUT2D eigenvalue weighted by Crippen LogP contribution is -2.53. The number of thioether (sulfide) groups is 1. The van der Waals surface area contributed by atoms with Gasteiger partial charge in [0.2, 0.25) is 5.95 Å². The van der Waals surface area contributed by atoms with Crippen molar-refractivity contribution in [2.24, 2.45) is 4.99 Å². The number of piperazine rings is 1. The first kappa shape index (κ1) is 18.8. The van der Waals surface area contributed by atoms with Gasteiger partial charge in [0.1, 0.15) is 0 Å². The van der Waals surface area contributed by atoms with Crippen LogP contribution in [0.2, 0.25) is 5.02 Å². The number of aliphatic imine (C=N–C) groups is 1. The molecule has 1 aromatic heterocycles. The van der Waals surface area contributed by atoms with E-state index in [1.54, 1.807) is 24.2 Å². The molecule has 0 unspecified atom stereocenters. The summed E-state index contributed by atoms with van der Waals surface area (Å²) in [7, 11) is 1.83. The van der Waals surface area contributed by atoms with E-state index in [0.29, 0.717) is 0 Å². The van der Waals surface area contributed by atoms with E-state index in [9.17, 15) is 0 Å². The van der Waals surface area contributed by atoms with Gasteiger partial charge in [0.25, 0.3) is 0 Å². The van der Waals surface area contributed by atoms with Gasteiger partial charge in [-0.2, -0.15) is 0 Å². The van der Waals surface area contributed by atoms with Crippen molar-refractivity contribution in [3.63, 3.8) is 0 Å². The Labute approximate surface area is 163 Å². The first-order valence-corrected chi connectivity index (χ1v) is 9.98. The molecule has 2 heterocycles. The summed E-state index contributed by atoms with van der Waals surface area (Å²) in [5, 5.41) is 4.23. The van der Waals surface area contributed by atoms with Crippen LogP contribution < -0.4 is 10.2 Å². The molecular weight excluding hydrogens is 368 g/mol. The molecule has 1 aromatic carbocycles. The van der Waals surface area contributed by atoms with E-state index in [4.69, 9.17) is 11.6 Å². The fraction of sp³-hybridized carbons (Fsp3) is 0.389. The van der Waals surface area contributed by atoms with E-state index < -0.39 is 0 Å². The molecule has 0 amide bonds. The van der Waals surface area contributed by atoms with Crippen LogP contribution >= 0.6 is 23.4 Å². The van der Waals surface area contributed by atoms with Gasteiger partial charge >= 0.3 is 0 Å². The molecule has 0 aliphatic carbocycles. The minimum atomic E-state index is 0.771. The van der Waals surface area contributed by atoms with Gasteiger partial charge in [-0.25, -0.2) is 9.97 Å². The number of halogens is 1. The summed E-state index contributed by atoms with van der Waals surface area (Å²) in [6.45, 7) is 4.46. The molecule has 26 heavy (non-hydrogen) atoms. The number of hydrogen-bond donors (Lipinski definition) is 1. The summed E-state index contributed by atoms with van der Waals surface area (Å²) < 4.78 is 0. The molecule has 1 aliphatic heterocycles. The van der Waals surface area contributed by atoms with Gasteiger partial charge < -0.3 is 15.1 Å². The Hall–Kier alpha value is -1.99.